The van der Waals surface area contributed by atoms with Gasteiger partial charge in [-0.05, 0) is 6.42 Å². The van der Waals surface area contributed by atoms with Crippen LogP contribution in [0.25, 0.3) is 0 Å². The van der Waals surface area contributed by atoms with Crippen molar-refractivity contribution in [2.45, 2.75) is 25.8 Å². The fourth-order valence-electron chi connectivity index (χ4n) is 1.05. The Labute approximate surface area is 86.2 Å². The largest absolute Gasteiger partial charge is 0.382 e. The Morgan fingerprint density at radius 2 is 2.14 bits per heavy atom. The van der Waals surface area contributed by atoms with E-state index in [4.69, 9.17) is 14.7 Å². The molecule has 4 heteroatoms. The first-order chi connectivity index (χ1) is 6.85. The molecule has 82 valence electrons. The van der Waals surface area contributed by atoms with Gasteiger partial charge in [-0.2, -0.15) is 5.26 Å². The third-order valence-electron chi connectivity index (χ3n) is 1.94. The second kappa shape index (κ2) is 10.5. The zero-order chi connectivity index (χ0) is 10.6. The highest BCUT2D eigenvalue weighted by Gasteiger charge is 2.02. The molecule has 0 aliphatic heterocycles. The van der Waals surface area contributed by atoms with Gasteiger partial charge in [0.15, 0.2) is 0 Å². The van der Waals surface area contributed by atoms with Crippen LogP contribution in [0.4, 0.5) is 0 Å². The monoisotopic (exact) mass is 200 g/mol. The first-order valence-electron chi connectivity index (χ1n) is 5.02. The molecule has 4 nitrogen and oxygen atoms in total. The molecule has 0 bridgehead atoms. The topological polar surface area (TPSA) is 54.3 Å². The van der Waals surface area contributed by atoms with Gasteiger partial charge in [0.1, 0.15) is 0 Å². The molecule has 0 aliphatic rings. The van der Waals surface area contributed by atoms with Gasteiger partial charge in [-0.15, -0.1) is 0 Å². The molecule has 0 spiro atoms. The van der Waals surface area contributed by atoms with Crippen LogP contribution < -0.4 is 5.32 Å². The Kier molecular flexibility index (Phi) is 9.98. The van der Waals surface area contributed by atoms with E-state index in [0.717, 1.165) is 13.0 Å². The van der Waals surface area contributed by atoms with Crippen LogP contribution in [0, 0.1) is 11.3 Å². The maximum atomic E-state index is 8.50. The number of ether oxygens (including phenoxy) is 2. The Morgan fingerprint density at radius 3 is 2.71 bits per heavy atom. The molecule has 1 N–H and O–H groups in total. The summed E-state index contributed by atoms with van der Waals surface area (Å²) in [6.07, 6.45) is 1.54. The molecule has 0 radical (unpaired) electrons. The highest BCUT2D eigenvalue weighted by molar-refractivity contribution is 4.79. The lowest BCUT2D eigenvalue weighted by molar-refractivity contribution is 0.0710. The standard InChI is InChI=1S/C10H20N2O2/c1-3-10(4-5-11)12-6-7-14-9-8-13-2/h10,12H,3-4,6-9H2,1-2H3. The fourth-order valence-corrected chi connectivity index (χ4v) is 1.05. The number of methoxy groups -OCH3 is 1. The van der Waals surface area contributed by atoms with E-state index in [0.29, 0.717) is 32.3 Å². The Morgan fingerprint density at radius 1 is 1.36 bits per heavy atom. The minimum atomic E-state index is 0.297. The van der Waals surface area contributed by atoms with E-state index in [2.05, 4.69) is 18.3 Å². The molecule has 0 aromatic carbocycles. The smallest absolute Gasteiger partial charge is 0.0700 e. The van der Waals surface area contributed by atoms with Crippen molar-refractivity contribution < 1.29 is 9.47 Å². The van der Waals surface area contributed by atoms with Gasteiger partial charge in [0.2, 0.25) is 0 Å². The molecule has 0 saturated carbocycles. The summed E-state index contributed by atoms with van der Waals surface area (Å²) in [5.74, 6) is 0. The van der Waals surface area contributed by atoms with Gasteiger partial charge >= 0.3 is 0 Å². The van der Waals surface area contributed by atoms with Crippen molar-refractivity contribution in [3.63, 3.8) is 0 Å². The van der Waals surface area contributed by atoms with Crippen molar-refractivity contribution in [1.82, 2.24) is 5.32 Å². The maximum Gasteiger partial charge on any atom is 0.0700 e. The van der Waals surface area contributed by atoms with Gasteiger partial charge in [-0.3, -0.25) is 0 Å². The van der Waals surface area contributed by atoms with E-state index in [1.54, 1.807) is 7.11 Å². The Bertz CT molecular complexity index is 157. The number of nitrogens with zero attached hydrogens (tertiary/aromatic N) is 1. The molecule has 14 heavy (non-hydrogen) atoms. The van der Waals surface area contributed by atoms with E-state index >= 15 is 0 Å². The Hall–Kier alpha value is -0.630. The lowest BCUT2D eigenvalue weighted by Crippen LogP contribution is -2.31. The van der Waals surface area contributed by atoms with E-state index in [1.807, 2.05) is 0 Å². The third-order valence-corrected chi connectivity index (χ3v) is 1.94. The summed E-state index contributed by atoms with van der Waals surface area (Å²) >= 11 is 0. The lowest BCUT2D eigenvalue weighted by atomic mass is 10.2. The average molecular weight is 200 g/mol. The zero-order valence-corrected chi connectivity index (χ0v) is 9.08. The number of nitriles is 1. The van der Waals surface area contributed by atoms with Crippen molar-refractivity contribution >= 4 is 0 Å². The summed E-state index contributed by atoms with van der Waals surface area (Å²) in [7, 11) is 1.65. The number of hydrogen-bond acceptors (Lipinski definition) is 4. The normalized spacial score (nSPS) is 12.4. The van der Waals surface area contributed by atoms with Gasteiger partial charge in [0.05, 0.1) is 32.3 Å². The Balaban J connectivity index is 3.21. The van der Waals surface area contributed by atoms with Crippen LogP contribution in [0.15, 0.2) is 0 Å². The predicted octanol–water partition coefficient (Wildman–Crippen LogP) is 0.931. The summed E-state index contributed by atoms with van der Waals surface area (Å²) in [6.45, 7) is 4.80. The van der Waals surface area contributed by atoms with Gasteiger partial charge in [-0.1, -0.05) is 6.92 Å². The van der Waals surface area contributed by atoms with Crippen molar-refractivity contribution in [2.75, 3.05) is 33.5 Å². The summed E-state index contributed by atoms with van der Waals surface area (Å²) in [4.78, 5) is 0. The maximum absolute atomic E-state index is 8.50. The van der Waals surface area contributed by atoms with E-state index in [1.165, 1.54) is 0 Å². The van der Waals surface area contributed by atoms with E-state index in [-0.39, 0.29) is 0 Å². The van der Waals surface area contributed by atoms with Crippen molar-refractivity contribution in [3.8, 4) is 6.07 Å². The van der Waals surface area contributed by atoms with Crippen molar-refractivity contribution in [3.05, 3.63) is 0 Å². The summed E-state index contributed by atoms with van der Waals surface area (Å²) in [5, 5.41) is 11.8. The highest BCUT2D eigenvalue weighted by Crippen LogP contribution is 1.94. The van der Waals surface area contributed by atoms with Crippen LogP contribution in [0.1, 0.15) is 19.8 Å². The molecule has 0 saturated heterocycles. The molecule has 0 fully saturated rings. The van der Waals surface area contributed by atoms with Crippen LogP contribution in [0.5, 0.6) is 0 Å². The quantitative estimate of drug-likeness (QED) is 0.563. The van der Waals surface area contributed by atoms with Crippen LogP contribution in [0.2, 0.25) is 0 Å². The molecular formula is C10H20N2O2. The first kappa shape index (κ1) is 13.4. The number of nitrogens with one attached hydrogen (secondary N) is 1. The SMILES string of the molecule is CCC(CC#N)NCCOCCOC. The molecule has 0 aromatic heterocycles. The minimum Gasteiger partial charge on any atom is -0.382 e. The molecule has 0 aliphatic carbocycles. The molecule has 1 atom stereocenters. The summed E-state index contributed by atoms with van der Waals surface area (Å²) in [5.41, 5.74) is 0. The fraction of sp³-hybridized carbons (Fsp3) is 0.900. The molecular weight excluding hydrogens is 180 g/mol. The predicted molar refractivity (Wildman–Crippen MR) is 55.0 cm³/mol. The van der Waals surface area contributed by atoms with Gasteiger partial charge in [-0.25, -0.2) is 0 Å². The van der Waals surface area contributed by atoms with Crippen LogP contribution in [-0.4, -0.2) is 39.5 Å². The molecule has 0 amide bonds. The minimum absolute atomic E-state index is 0.297. The van der Waals surface area contributed by atoms with Gasteiger partial charge in [0.25, 0.3) is 0 Å². The first-order valence-corrected chi connectivity index (χ1v) is 5.02. The average Bonchev–Trinajstić information content (AvgIpc) is 2.21. The van der Waals surface area contributed by atoms with Gasteiger partial charge < -0.3 is 14.8 Å². The molecule has 1 unspecified atom stereocenters. The zero-order valence-electron chi connectivity index (χ0n) is 9.08. The van der Waals surface area contributed by atoms with E-state index in [9.17, 15) is 0 Å². The molecule has 0 aromatic rings. The van der Waals surface area contributed by atoms with Crippen LogP contribution in [0.3, 0.4) is 0 Å². The second-order valence-corrected chi connectivity index (χ2v) is 3.03. The number of rotatable bonds is 9. The molecule has 0 heterocycles. The third kappa shape index (κ3) is 7.99. The molecule has 0 rings (SSSR count). The van der Waals surface area contributed by atoms with E-state index < -0.39 is 0 Å². The lowest BCUT2D eigenvalue weighted by Gasteiger charge is -2.13. The second-order valence-electron chi connectivity index (χ2n) is 3.03. The van der Waals surface area contributed by atoms with Crippen LogP contribution in [-0.2, 0) is 9.47 Å². The summed E-state index contributed by atoms with van der Waals surface area (Å²) < 4.78 is 10.1. The van der Waals surface area contributed by atoms with Gasteiger partial charge in [0, 0.05) is 19.7 Å². The number of hydrogen-bond donors (Lipinski definition) is 1. The summed E-state index contributed by atoms with van der Waals surface area (Å²) in [6, 6.07) is 2.45. The highest BCUT2D eigenvalue weighted by atomic mass is 16.5. The van der Waals surface area contributed by atoms with Crippen molar-refractivity contribution in [2.24, 2.45) is 0 Å². The van der Waals surface area contributed by atoms with Crippen LogP contribution >= 0.6 is 0 Å². The van der Waals surface area contributed by atoms with Crippen molar-refractivity contribution in [1.29, 1.82) is 5.26 Å².